The van der Waals surface area contributed by atoms with E-state index in [1.165, 1.54) is 18.3 Å². The second-order valence-corrected chi connectivity index (χ2v) is 9.11. The van der Waals surface area contributed by atoms with Crippen LogP contribution in [0.2, 0.25) is 0 Å². The normalized spacial score (nSPS) is 11.5. The smallest absolute Gasteiger partial charge is 0.255 e. The molecule has 1 atom stereocenters. The van der Waals surface area contributed by atoms with Crippen molar-refractivity contribution < 1.29 is 9.59 Å². The average molecular weight is 486 g/mol. The summed E-state index contributed by atoms with van der Waals surface area (Å²) in [5, 5.41) is 18.3. The second-order valence-electron chi connectivity index (χ2n) is 8.13. The number of aromatic nitrogens is 3. The number of thiazole rings is 1. The molecule has 176 valence electrons. The molecule has 0 bridgehead atoms. The molecule has 0 aliphatic carbocycles. The van der Waals surface area contributed by atoms with Crippen LogP contribution in [0.3, 0.4) is 0 Å². The first-order valence-electron chi connectivity index (χ1n) is 10.9. The van der Waals surface area contributed by atoms with Crippen molar-refractivity contribution in [1.29, 1.82) is 5.26 Å². The van der Waals surface area contributed by atoms with Gasteiger partial charge >= 0.3 is 0 Å². The minimum Gasteiger partial charge on any atom is -0.324 e. The van der Waals surface area contributed by atoms with Gasteiger partial charge in [0.2, 0.25) is 11.9 Å². The maximum atomic E-state index is 12.8. The highest BCUT2D eigenvalue weighted by atomic mass is 32.1. The lowest BCUT2D eigenvalue weighted by Gasteiger charge is -2.12. The number of fused-ring (bicyclic) bond motifs is 1. The first kappa shape index (κ1) is 23.8. The van der Waals surface area contributed by atoms with Gasteiger partial charge in [-0.3, -0.25) is 9.59 Å². The number of amides is 2. The van der Waals surface area contributed by atoms with Crippen LogP contribution in [0, 0.1) is 24.2 Å². The summed E-state index contributed by atoms with van der Waals surface area (Å²) in [6.07, 6.45) is 2.18. The number of nitrogens with one attached hydrogen (secondary N) is 3. The van der Waals surface area contributed by atoms with Gasteiger partial charge in [0.25, 0.3) is 5.91 Å². The maximum Gasteiger partial charge on any atom is 0.255 e. The Labute approximate surface area is 206 Å². The molecule has 4 aromatic rings. The van der Waals surface area contributed by atoms with Crippen LogP contribution in [-0.4, -0.2) is 26.8 Å². The molecule has 2 aromatic heterocycles. The van der Waals surface area contributed by atoms with Crippen molar-refractivity contribution in [2.45, 2.75) is 27.2 Å². The van der Waals surface area contributed by atoms with E-state index in [2.05, 4.69) is 37.0 Å². The highest BCUT2D eigenvalue weighted by Gasteiger charge is 2.12. The maximum absolute atomic E-state index is 12.8. The molecule has 0 fully saturated rings. The molecule has 0 saturated heterocycles. The quantitative estimate of drug-likeness (QED) is 0.333. The molecule has 0 aliphatic rings. The number of hydrogen-bond acceptors (Lipinski definition) is 8. The van der Waals surface area contributed by atoms with E-state index in [1.54, 1.807) is 12.3 Å². The van der Waals surface area contributed by atoms with Gasteiger partial charge in [-0.15, -0.1) is 0 Å². The van der Waals surface area contributed by atoms with Gasteiger partial charge in [-0.1, -0.05) is 29.5 Å². The third kappa shape index (κ3) is 5.96. The van der Waals surface area contributed by atoms with E-state index in [-0.39, 0.29) is 17.7 Å². The van der Waals surface area contributed by atoms with Gasteiger partial charge < -0.3 is 16.0 Å². The summed E-state index contributed by atoms with van der Waals surface area (Å²) in [6.45, 7) is 5.21. The summed E-state index contributed by atoms with van der Waals surface area (Å²) in [5.41, 5.74) is 4.36. The Morgan fingerprint density at radius 3 is 2.74 bits per heavy atom. The first-order valence-corrected chi connectivity index (χ1v) is 11.7. The van der Waals surface area contributed by atoms with E-state index in [9.17, 15) is 9.59 Å². The number of hydrogen-bond donors (Lipinski definition) is 3. The fourth-order valence-corrected chi connectivity index (χ4v) is 4.25. The van der Waals surface area contributed by atoms with E-state index in [1.807, 2.05) is 50.2 Å². The second kappa shape index (κ2) is 10.3. The van der Waals surface area contributed by atoms with Gasteiger partial charge in [0, 0.05) is 29.8 Å². The number of anilines is 4. The van der Waals surface area contributed by atoms with Crippen molar-refractivity contribution in [3.8, 4) is 6.07 Å². The van der Waals surface area contributed by atoms with Gasteiger partial charge in [-0.2, -0.15) is 10.2 Å². The van der Waals surface area contributed by atoms with Crippen molar-refractivity contribution in [3.63, 3.8) is 0 Å². The average Bonchev–Trinajstić information content (AvgIpc) is 3.22. The van der Waals surface area contributed by atoms with Crippen LogP contribution >= 0.6 is 11.3 Å². The SMILES string of the molecule is CC(=O)Nc1nc2cnc(Nc3cc(NC(=O)c4cccc(CC(C)C#N)c4)ccc3C)nc2s1. The largest absolute Gasteiger partial charge is 0.324 e. The number of rotatable bonds is 7. The van der Waals surface area contributed by atoms with E-state index in [0.29, 0.717) is 39.1 Å². The zero-order valence-electron chi connectivity index (χ0n) is 19.4. The Kier molecular flexibility index (Phi) is 6.98. The molecule has 9 nitrogen and oxygen atoms in total. The Morgan fingerprint density at radius 1 is 1.14 bits per heavy atom. The zero-order chi connectivity index (χ0) is 24.9. The zero-order valence-corrected chi connectivity index (χ0v) is 20.2. The van der Waals surface area contributed by atoms with Crippen molar-refractivity contribution in [3.05, 3.63) is 65.4 Å². The molecular weight excluding hydrogens is 462 g/mol. The van der Waals surface area contributed by atoms with Crippen LogP contribution in [0.15, 0.2) is 48.7 Å². The summed E-state index contributed by atoms with van der Waals surface area (Å²) in [6, 6.07) is 15.0. The van der Waals surface area contributed by atoms with Crippen molar-refractivity contribution in [2.24, 2.45) is 5.92 Å². The molecule has 0 spiro atoms. The Morgan fingerprint density at radius 2 is 1.97 bits per heavy atom. The van der Waals surface area contributed by atoms with Crippen molar-refractivity contribution in [2.75, 3.05) is 16.0 Å². The summed E-state index contributed by atoms with van der Waals surface area (Å²) in [4.78, 5) is 37.8. The molecule has 0 radical (unpaired) electrons. The number of carbonyl (C=O) groups is 2. The van der Waals surface area contributed by atoms with Crippen LogP contribution in [-0.2, 0) is 11.2 Å². The molecule has 3 N–H and O–H groups in total. The Balaban J connectivity index is 1.50. The number of carbonyl (C=O) groups excluding carboxylic acids is 2. The molecule has 0 saturated carbocycles. The minimum absolute atomic E-state index is 0.123. The third-order valence-corrected chi connectivity index (χ3v) is 6.01. The van der Waals surface area contributed by atoms with Crippen LogP contribution in [0.5, 0.6) is 0 Å². The Hall–Kier alpha value is -4.36. The molecule has 35 heavy (non-hydrogen) atoms. The monoisotopic (exact) mass is 485 g/mol. The highest BCUT2D eigenvalue weighted by molar-refractivity contribution is 7.21. The van der Waals surface area contributed by atoms with Crippen LogP contribution in [0.1, 0.15) is 35.3 Å². The molecular formula is C25H23N7O2S. The van der Waals surface area contributed by atoms with Crippen LogP contribution in [0.25, 0.3) is 10.3 Å². The van der Waals surface area contributed by atoms with E-state index >= 15 is 0 Å². The molecule has 10 heteroatoms. The third-order valence-electron chi connectivity index (χ3n) is 5.13. The predicted octanol–water partition coefficient (Wildman–Crippen LogP) is 5.05. The van der Waals surface area contributed by atoms with Crippen molar-refractivity contribution in [1.82, 2.24) is 15.0 Å². The molecule has 4 rings (SSSR count). The van der Waals surface area contributed by atoms with Gasteiger partial charge in [0.05, 0.1) is 12.3 Å². The summed E-state index contributed by atoms with van der Waals surface area (Å²) in [7, 11) is 0. The number of nitrogens with zero attached hydrogens (tertiary/aromatic N) is 4. The molecule has 2 amide bonds. The lowest BCUT2D eigenvalue weighted by Crippen LogP contribution is -2.13. The topological polar surface area (TPSA) is 133 Å². The van der Waals surface area contributed by atoms with E-state index in [0.717, 1.165) is 16.8 Å². The molecule has 2 aromatic carbocycles. The highest BCUT2D eigenvalue weighted by Crippen LogP contribution is 2.27. The lowest BCUT2D eigenvalue weighted by atomic mass is 10.0. The number of benzene rings is 2. The van der Waals surface area contributed by atoms with E-state index < -0.39 is 0 Å². The first-order chi connectivity index (χ1) is 16.8. The summed E-state index contributed by atoms with van der Waals surface area (Å²) < 4.78 is 0. The van der Waals surface area contributed by atoms with E-state index in [4.69, 9.17) is 5.26 Å². The number of aryl methyl sites for hydroxylation is 1. The molecule has 1 unspecified atom stereocenters. The lowest BCUT2D eigenvalue weighted by molar-refractivity contribution is -0.114. The predicted molar refractivity (Wildman–Crippen MR) is 137 cm³/mol. The van der Waals surface area contributed by atoms with Gasteiger partial charge in [-0.05, 0) is 55.7 Å². The van der Waals surface area contributed by atoms with Crippen LogP contribution in [0.4, 0.5) is 22.5 Å². The fraction of sp³-hybridized carbons (Fsp3) is 0.200. The minimum atomic E-state index is -0.237. The van der Waals surface area contributed by atoms with Crippen molar-refractivity contribution >= 4 is 56.0 Å². The van der Waals surface area contributed by atoms with Gasteiger partial charge in [0.15, 0.2) is 9.96 Å². The summed E-state index contributed by atoms with van der Waals surface area (Å²) >= 11 is 1.26. The fourth-order valence-electron chi connectivity index (χ4n) is 3.40. The van der Waals surface area contributed by atoms with Gasteiger partial charge in [0.1, 0.15) is 5.52 Å². The molecule has 2 heterocycles. The number of nitriles is 1. The molecule has 0 aliphatic heterocycles. The Bertz CT molecular complexity index is 1460. The van der Waals surface area contributed by atoms with Crippen LogP contribution < -0.4 is 16.0 Å². The summed E-state index contributed by atoms with van der Waals surface area (Å²) in [5.74, 6) is -0.184. The standard InChI is InChI=1S/C25H23N7O2S/c1-14(12-26)9-17-5-4-6-18(10-17)22(34)29-19-8-7-15(2)20(11-19)30-24-27-13-21-23(32-24)35-25(31-21)28-16(3)33/h4-8,10-11,13-14H,9H2,1-3H3,(H,29,34)(H,27,30,32)(H,28,31,33). The van der Waals surface area contributed by atoms with Gasteiger partial charge in [-0.25, -0.2) is 9.97 Å².